The molecule has 6 atom stereocenters. The van der Waals surface area contributed by atoms with Gasteiger partial charge < -0.3 is 15.0 Å². The van der Waals surface area contributed by atoms with Gasteiger partial charge in [-0.2, -0.15) is 13.2 Å². The number of hydrogen-bond donors (Lipinski definition) is 1. The molecule has 2 bridgehead atoms. The summed E-state index contributed by atoms with van der Waals surface area (Å²) < 4.78 is 48.0. The second kappa shape index (κ2) is 6.47. The molecule has 2 unspecified atom stereocenters. The van der Waals surface area contributed by atoms with Gasteiger partial charge in [0.1, 0.15) is 11.6 Å². The zero-order valence-electron chi connectivity index (χ0n) is 18.4. The summed E-state index contributed by atoms with van der Waals surface area (Å²) in [6.07, 6.45) is -0.00914. The van der Waals surface area contributed by atoms with E-state index in [0.717, 1.165) is 31.6 Å². The summed E-state index contributed by atoms with van der Waals surface area (Å²) in [7, 11) is 0. The monoisotopic (exact) mass is 447 g/mol. The number of imidazole rings is 1. The van der Waals surface area contributed by atoms with E-state index in [2.05, 4.69) is 35.2 Å². The molecule has 6 nitrogen and oxygen atoms in total. The van der Waals surface area contributed by atoms with E-state index in [1.807, 2.05) is 6.20 Å². The van der Waals surface area contributed by atoms with Crippen LogP contribution in [0.3, 0.4) is 0 Å². The molecule has 7 rings (SSSR count). The van der Waals surface area contributed by atoms with E-state index in [1.54, 1.807) is 0 Å². The zero-order chi connectivity index (χ0) is 22.6. The molecule has 5 fully saturated rings. The van der Waals surface area contributed by atoms with Crippen molar-refractivity contribution < 1.29 is 17.9 Å². The number of halogens is 3. The summed E-state index contributed by atoms with van der Waals surface area (Å²) in [5.41, 5.74) is 5.57. The van der Waals surface area contributed by atoms with Crippen LogP contribution in [-0.2, 0) is 16.5 Å². The zero-order valence-corrected chi connectivity index (χ0v) is 18.4. The summed E-state index contributed by atoms with van der Waals surface area (Å²) in [6, 6.07) is 2.06. The molecular formula is C23H28F3N5O. The number of ether oxygens (including phenoxy) is 1. The summed E-state index contributed by atoms with van der Waals surface area (Å²) in [5.74, 6) is 2.51. The minimum Gasteiger partial charge on any atom is -0.383 e. The molecule has 172 valence electrons. The van der Waals surface area contributed by atoms with Gasteiger partial charge in [-0.1, -0.05) is 13.8 Å². The summed E-state index contributed by atoms with van der Waals surface area (Å²) in [6.45, 7) is 8.95. The van der Waals surface area contributed by atoms with Crippen molar-refractivity contribution in [1.29, 1.82) is 0 Å². The van der Waals surface area contributed by atoms with E-state index in [0.29, 0.717) is 41.1 Å². The highest BCUT2D eigenvalue weighted by molar-refractivity contribution is 5.63. The Labute approximate surface area is 185 Å². The lowest BCUT2D eigenvalue weighted by Crippen LogP contribution is -2.49. The lowest BCUT2D eigenvalue weighted by molar-refractivity contribution is -0.137. The average molecular weight is 448 g/mol. The van der Waals surface area contributed by atoms with Gasteiger partial charge in [0, 0.05) is 48.4 Å². The van der Waals surface area contributed by atoms with Crippen LogP contribution in [0.4, 0.5) is 19.0 Å². The third kappa shape index (κ3) is 2.61. The number of morpholine rings is 1. The molecule has 2 N–H and O–H groups in total. The number of anilines is 1. The largest absolute Gasteiger partial charge is 0.419 e. The molecule has 2 aromatic heterocycles. The van der Waals surface area contributed by atoms with Crippen LogP contribution < -0.4 is 5.73 Å². The second-order valence-corrected chi connectivity index (χ2v) is 10.2. The molecule has 5 aliphatic rings. The van der Waals surface area contributed by atoms with Crippen molar-refractivity contribution in [2.45, 2.75) is 56.9 Å². The topological polar surface area (TPSA) is 69.2 Å². The van der Waals surface area contributed by atoms with E-state index in [9.17, 15) is 13.2 Å². The van der Waals surface area contributed by atoms with E-state index in [-0.39, 0.29) is 11.5 Å². The van der Waals surface area contributed by atoms with Crippen molar-refractivity contribution in [1.82, 2.24) is 19.4 Å². The number of nitrogen functional groups attached to an aromatic ring is 1. The molecule has 0 radical (unpaired) electrons. The molecule has 4 aliphatic carbocycles. The Bertz CT molecular complexity index is 1080. The first kappa shape index (κ1) is 20.5. The minimum absolute atomic E-state index is 0.0988. The first-order chi connectivity index (χ1) is 15.2. The Balaban J connectivity index is 1.35. The number of pyridine rings is 1. The lowest BCUT2D eigenvalue weighted by Gasteiger charge is -2.38. The van der Waals surface area contributed by atoms with Gasteiger partial charge in [0.25, 0.3) is 0 Å². The van der Waals surface area contributed by atoms with E-state index < -0.39 is 17.6 Å². The van der Waals surface area contributed by atoms with Crippen LogP contribution in [0.2, 0.25) is 0 Å². The standard InChI is InChI=1S/C23H28F3N5O/c1-11(2)21-29-16(13-6-15(23(24,25)26)20(27)28-8-13)9-31(21)22-14-7-17(19(22)18(14)22)30-4-5-32-10-12(30)3/h6,8-9,11-12,14,17-19H,4-5,7,10H2,1-3H3,(H2,27,28)/t12-,14+,17?,18+,19?,22+/m0/s1. The van der Waals surface area contributed by atoms with Gasteiger partial charge in [0.15, 0.2) is 0 Å². The first-order valence-electron chi connectivity index (χ1n) is 11.4. The van der Waals surface area contributed by atoms with Crippen LogP contribution in [-0.4, -0.2) is 51.3 Å². The molecule has 1 aliphatic heterocycles. The fraction of sp³-hybridized carbons (Fsp3) is 0.652. The number of nitrogens with zero attached hydrogens (tertiary/aromatic N) is 4. The number of hydrogen-bond acceptors (Lipinski definition) is 5. The summed E-state index contributed by atoms with van der Waals surface area (Å²) >= 11 is 0. The highest BCUT2D eigenvalue weighted by Crippen LogP contribution is 2.89. The minimum atomic E-state index is -4.55. The van der Waals surface area contributed by atoms with Crippen molar-refractivity contribution in [3.05, 3.63) is 29.8 Å². The maximum Gasteiger partial charge on any atom is 0.419 e. The van der Waals surface area contributed by atoms with Gasteiger partial charge in [-0.3, -0.25) is 4.90 Å². The summed E-state index contributed by atoms with van der Waals surface area (Å²) in [4.78, 5) is 11.2. The van der Waals surface area contributed by atoms with Crippen molar-refractivity contribution in [2.75, 3.05) is 25.5 Å². The Morgan fingerprint density at radius 3 is 2.72 bits per heavy atom. The average Bonchev–Trinajstić information content (AvgIpc) is 3.30. The third-order valence-corrected chi connectivity index (χ3v) is 8.21. The predicted molar refractivity (Wildman–Crippen MR) is 113 cm³/mol. The Morgan fingerprint density at radius 1 is 1.28 bits per heavy atom. The van der Waals surface area contributed by atoms with Crippen LogP contribution in [0.1, 0.15) is 44.5 Å². The van der Waals surface area contributed by atoms with Gasteiger partial charge in [0.05, 0.1) is 30.0 Å². The molecule has 0 spiro atoms. The first-order valence-corrected chi connectivity index (χ1v) is 11.4. The highest BCUT2D eigenvalue weighted by Gasteiger charge is 2.94. The quantitative estimate of drug-likeness (QED) is 0.774. The molecule has 2 aromatic rings. The SMILES string of the molecule is CC(C)c1nc(-c2cnc(N)c(C(F)(F)F)c2)cn1[C@]12C3C(N4CCOC[C@@H]4C)C[C@@H]1[C@H]32. The van der Waals surface area contributed by atoms with Crippen LogP contribution in [0, 0.1) is 17.8 Å². The second-order valence-electron chi connectivity index (χ2n) is 10.2. The van der Waals surface area contributed by atoms with Crippen molar-refractivity contribution in [3.63, 3.8) is 0 Å². The van der Waals surface area contributed by atoms with Gasteiger partial charge >= 0.3 is 6.18 Å². The maximum atomic E-state index is 13.4. The molecule has 0 amide bonds. The molecule has 3 heterocycles. The van der Waals surface area contributed by atoms with Gasteiger partial charge in [-0.15, -0.1) is 0 Å². The van der Waals surface area contributed by atoms with Crippen molar-refractivity contribution in [2.24, 2.45) is 17.8 Å². The number of fused-ring (bicyclic) bond motifs is 1. The molecule has 1 saturated heterocycles. The Hall–Kier alpha value is -2.13. The number of nitrogens with two attached hydrogens (primary N) is 1. The molecule has 0 aromatic carbocycles. The van der Waals surface area contributed by atoms with E-state index in [4.69, 9.17) is 15.5 Å². The number of aromatic nitrogens is 3. The fourth-order valence-electron chi connectivity index (χ4n) is 6.78. The normalized spacial score (nSPS) is 35.9. The smallest absolute Gasteiger partial charge is 0.383 e. The highest BCUT2D eigenvalue weighted by atomic mass is 19.4. The van der Waals surface area contributed by atoms with Crippen LogP contribution in [0.25, 0.3) is 11.3 Å². The van der Waals surface area contributed by atoms with Crippen LogP contribution in [0.15, 0.2) is 18.5 Å². The van der Waals surface area contributed by atoms with Crippen molar-refractivity contribution >= 4 is 5.82 Å². The third-order valence-electron chi connectivity index (χ3n) is 8.21. The van der Waals surface area contributed by atoms with E-state index >= 15 is 0 Å². The summed E-state index contributed by atoms with van der Waals surface area (Å²) in [5, 5.41) is 0. The fourth-order valence-corrected chi connectivity index (χ4v) is 6.78. The molecular weight excluding hydrogens is 419 g/mol. The van der Waals surface area contributed by atoms with Gasteiger partial charge in [-0.05, 0) is 31.2 Å². The molecule has 9 heteroatoms. The predicted octanol–water partition coefficient (Wildman–Crippen LogP) is 3.73. The lowest BCUT2D eigenvalue weighted by atomic mass is 10.1. The Morgan fingerprint density at radius 2 is 2.06 bits per heavy atom. The molecule has 32 heavy (non-hydrogen) atoms. The van der Waals surface area contributed by atoms with Crippen LogP contribution >= 0.6 is 0 Å². The van der Waals surface area contributed by atoms with Gasteiger partial charge in [-0.25, -0.2) is 9.97 Å². The Kier molecular flexibility index (Phi) is 4.14. The maximum absolute atomic E-state index is 13.4. The molecule has 4 saturated carbocycles. The van der Waals surface area contributed by atoms with Crippen LogP contribution in [0.5, 0.6) is 0 Å². The number of alkyl halides is 3. The van der Waals surface area contributed by atoms with Crippen molar-refractivity contribution in [3.8, 4) is 11.3 Å². The van der Waals surface area contributed by atoms with E-state index in [1.165, 1.54) is 12.6 Å². The number of rotatable bonds is 4. The van der Waals surface area contributed by atoms with Gasteiger partial charge in [0.2, 0.25) is 0 Å².